The molecular weight excluding hydrogens is 733 g/mol. The lowest BCUT2D eigenvalue weighted by molar-refractivity contribution is -0.167. The molecule has 7 heteroatoms. The largest absolute Gasteiger partial charge is 0.364 e. The van der Waals surface area contributed by atoms with Gasteiger partial charge in [0.15, 0.2) is 6.29 Å². The molecule has 6 atom stereocenters. The average Bonchev–Trinajstić information content (AvgIpc) is 3.29. The van der Waals surface area contributed by atoms with Crippen molar-refractivity contribution in [3.05, 3.63) is 119 Å². The van der Waals surface area contributed by atoms with Crippen molar-refractivity contribution in [2.45, 2.75) is 143 Å². The summed E-state index contributed by atoms with van der Waals surface area (Å²) in [6, 6.07) is 31.9. The molecule has 320 valence electrons. The Hall–Kier alpha value is -4.04. The fraction of sp³-hybridized carbons (Fsp3) is 0.538. The lowest BCUT2D eigenvalue weighted by Crippen LogP contribution is -2.43. The van der Waals surface area contributed by atoms with Gasteiger partial charge in [-0.1, -0.05) is 119 Å². The minimum absolute atomic E-state index is 0.0341. The summed E-state index contributed by atoms with van der Waals surface area (Å²) in [6.45, 7) is 14.7. The number of hydrogen-bond donors (Lipinski definition) is 1. The number of carbonyl (C=O) groups is 2. The van der Waals surface area contributed by atoms with E-state index in [4.69, 9.17) is 9.47 Å². The molecule has 0 spiro atoms. The normalized spacial score (nSPS) is 22.5. The van der Waals surface area contributed by atoms with Crippen LogP contribution in [0.5, 0.6) is 0 Å². The molecule has 2 fully saturated rings. The second-order valence-electron chi connectivity index (χ2n) is 17.3. The van der Waals surface area contributed by atoms with Crippen LogP contribution >= 0.6 is 0 Å². The summed E-state index contributed by atoms with van der Waals surface area (Å²) in [5.41, 5.74) is 3.65. The molecule has 6 rings (SSSR count). The number of aliphatic hydroxyl groups excluding tert-OH is 1. The van der Waals surface area contributed by atoms with Gasteiger partial charge < -0.3 is 24.4 Å². The first-order valence-corrected chi connectivity index (χ1v) is 22.6. The predicted octanol–water partition coefficient (Wildman–Crippen LogP) is 12.2. The van der Waals surface area contributed by atoms with Crippen LogP contribution in [0.1, 0.15) is 153 Å². The summed E-state index contributed by atoms with van der Waals surface area (Å²) in [5.74, 6) is 1.90. The summed E-state index contributed by atoms with van der Waals surface area (Å²) in [5, 5.41) is 13.6. The highest BCUT2D eigenvalue weighted by Gasteiger charge is 2.35. The Kier molecular flexibility index (Phi) is 17.2. The van der Waals surface area contributed by atoms with Crippen molar-refractivity contribution < 1.29 is 24.2 Å². The Bertz CT molecular complexity index is 1890. The van der Waals surface area contributed by atoms with E-state index in [0.717, 1.165) is 84.7 Å². The summed E-state index contributed by atoms with van der Waals surface area (Å²) >= 11 is 0. The zero-order valence-corrected chi connectivity index (χ0v) is 37.3. The maximum absolute atomic E-state index is 13.8. The van der Waals surface area contributed by atoms with Crippen LogP contribution in [-0.4, -0.2) is 52.9 Å². The van der Waals surface area contributed by atoms with E-state index >= 15 is 0 Å². The third kappa shape index (κ3) is 11.6. The summed E-state index contributed by atoms with van der Waals surface area (Å²) in [7, 11) is 3.81. The molecule has 0 saturated heterocycles. The molecule has 0 radical (unpaired) electrons. The number of carbonyl (C=O) groups excluding carboxylic acids is 2. The molecule has 6 unspecified atom stereocenters. The van der Waals surface area contributed by atoms with E-state index in [0.29, 0.717) is 11.5 Å². The SMILES string of the molecule is CC.CCC1CCC(C(=O)N(C)C(C)C(OC(C)c2ccc3cc(C(O)OC(c4ccccc4)C(C)N(C)C(=O)C4CCC(C)CC4)ccc3c2)c2ccccc2)CC1. The minimum atomic E-state index is -1.20. The lowest BCUT2D eigenvalue weighted by atomic mass is 9.80. The van der Waals surface area contributed by atoms with Gasteiger partial charge in [-0.25, -0.2) is 0 Å². The van der Waals surface area contributed by atoms with E-state index in [-0.39, 0.29) is 47.9 Å². The maximum Gasteiger partial charge on any atom is 0.225 e. The highest BCUT2D eigenvalue weighted by Crippen LogP contribution is 2.37. The average molecular weight is 805 g/mol. The smallest absolute Gasteiger partial charge is 0.225 e. The predicted molar refractivity (Wildman–Crippen MR) is 241 cm³/mol. The van der Waals surface area contributed by atoms with E-state index in [1.165, 1.54) is 6.42 Å². The van der Waals surface area contributed by atoms with Gasteiger partial charge in [0.1, 0.15) is 12.2 Å². The zero-order valence-electron chi connectivity index (χ0n) is 37.3. The van der Waals surface area contributed by atoms with Gasteiger partial charge in [-0.2, -0.15) is 0 Å². The van der Waals surface area contributed by atoms with Gasteiger partial charge >= 0.3 is 0 Å². The van der Waals surface area contributed by atoms with Crippen LogP contribution in [0.3, 0.4) is 0 Å². The van der Waals surface area contributed by atoms with E-state index in [1.54, 1.807) is 0 Å². The van der Waals surface area contributed by atoms with Gasteiger partial charge in [-0.3, -0.25) is 9.59 Å². The number of benzene rings is 4. The lowest BCUT2D eigenvalue weighted by Gasteiger charge is -2.37. The van der Waals surface area contributed by atoms with Gasteiger partial charge in [0.25, 0.3) is 0 Å². The number of aliphatic hydroxyl groups is 1. The van der Waals surface area contributed by atoms with E-state index in [1.807, 2.05) is 111 Å². The van der Waals surface area contributed by atoms with Crippen LogP contribution in [0, 0.1) is 23.7 Å². The second-order valence-corrected chi connectivity index (χ2v) is 17.3. The first-order chi connectivity index (χ1) is 28.4. The van der Waals surface area contributed by atoms with E-state index in [9.17, 15) is 14.7 Å². The molecule has 0 bridgehead atoms. The number of likely N-dealkylation sites (N-methyl/N-ethyl adjacent to an activating group) is 2. The second kappa shape index (κ2) is 22.0. The standard InChI is InChI=1S/C50H66N2O5.C2H6/c1-8-37-21-25-41(26-22-37)49(54)51(6)34(3)46(38-15-11-9-12-16-38)56-36(5)42-27-28-44-32-45(30-29-43(44)31-42)50(55)57-47(39-17-13-10-14-18-39)35(4)52(7)48(53)40-23-19-33(2)20-24-40;1-2/h9-18,27-37,40-41,46-47,50,55H,8,19-26H2,1-7H3;1-2H3. The van der Waals surface area contributed by atoms with Crippen LogP contribution in [0.15, 0.2) is 97.1 Å². The Morgan fingerprint density at radius 3 is 1.51 bits per heavy atom. The molecule has 0 heterocycles. The van der Waals surface area contributed by atoms with Crippen molar-refractivity contribution in [3.63, 3.8) is 0 Å². The number of ether oxygens (including phenoxy) is 2. The van der Waals surface area contributed by atoms with E-state index in [2.05, 4.69) is 58.0 Å². The van der Waals surface area contributed by atoms with Gasteiger partial charge in [0, 0.05) is 31.5 Å². The number of rotatable bonds is 15. The van der Waals surface area contributed by atoms with E-state index < -0.39 is 12.4 Å². The molecule has 0 aliphatic heterocycles. The topological polar surface area (TPSA) is 79.3 Å². The maximum atomic E-state index is 13.8. The van der Waals surface area contributed by atoms with Crippen molar-refractivity contribution in [1.82, 2.24) is 9.80 Å². The summed E-state index contributed by atoms with van der Waals surface area (Å²) in [4.78, 5) is 31.2. The van der Waals surface area contributed by atoms with Gasteiger partial charge in [-0.05, 0) is 124 Å². The first kappa shape index (κ1) is 46.0. The third-order valence-corrected chi connectivity index (χ3v) is 13.5. The minimum Gasteiger partial charge on any atom is -0.364 e. The van der Waals surface area contributed by atoms with Crippen molar-refractivity contribution >= 4 is 22.6 Å². The Morgan fingerprint density at radius 2 is 1.03 bits per heavy atom. The van der Waals surface area contributed by atoms with Crippen molar-refractivity contribution in [1.29, 1.82) is 0 Å². The van der Waals surface area contributed by atoms with Crippen LogP contribution in [0.25, 0.3) is 10.8 Å². The molecule has 2 aliphatic carbocycles. The monoisotopic (exact) mass is 805 g/mol. The molecule has 59 heavy (non-hydrogen) atoms. The molecule has 4 aromatic carbocycles. The summed E-state index contributed by atoms with van der Waals surface area (Å²) in [6.07, 6.45) is 7.11. The third-order valence-electron chi connectivity index (χ3n) is 13.5. The Balaban J connectivity index is 0.00000326. The molecule has 0 aromatic heterocycles. The fourth-order valence-electron chi connectivity index (χ4n) is 9.14. The van der Waals surface area contributed by atoms with Crippen LogP contribution in [-0.2, 0) is 19.1 Å². The van der Waals surface area contributed by atoms with Crippen LogP contribution < -0.4 is 0 Å². The number of hydrogen-bond acceptors (Lipinski definition) is 5. The first-order valence-electron chi connectivity index (χ1n) is 22.6. The van der Waals surface area contributed by atoms with Gasteiger partial charge in [-0.15, -0.1) is 0 Å². The fourth-order valence-corrected chi connectivity index (χ4v) is 9.14. The number of amides is 2. The molecule has 2 aliphatic rings. The van der Waals surface area contributed by atoms with Crippen molar-refractivity contribution in [2.24, 2.45) is 23.7 Å². The van der Waals surface area contributed by atoms with Crippen molar-refractivity contribution in [2.75, 3.05) is 14.1 Å². The van der Waals surface area contributed by atoms with Crippen molar-refractivity contribution in [3.8, 4) is 0 Å². The van der Waals surface area contributed by atoms with Crippen LogP contribution in [0.4, 0.5) is 0 Å². The molecular formula is C52H72N2O5. The van der Waals surface area contributed by atoms with Gasteiger partial charge in [0.05, 0.1) is 18.2 Å². The zero-order chi connectivity index (χ0) is 42.6. The molecule has 4 aromatic rings. The molecule has 2 amide bonds. The Labute approximate surface area is 355 Å². The van der Waals surface area contributed by atoms with Gasteiger partial charge in [0.2, 0.25) is 11.8 Å². The number of nitrogens with zero attached hydrogens (tertiary/aromatic N) is 2. The highest BCUT2D eigenvalue weighted by atomic mass is 16.6. The highest BCUT2D eigenvalue weighted by molar-refractivity contribution is 5.84. The van der Waals surface area contributed by atoms with Crippen LogP contribution in [0.2, 0.25) is 0 Å². The molecule has 2 saturated carbocycles. The summed E-state index contributed by atoms with van der Waals surface area (Å²) < 4.78 is 13.4. The molecule has 7 nitrogen and oxygen atoms in total. The Morgan fingerprint density at radius 1 is 0.610 bits per heavy atom. The quantitative estimate of drug-likeness (QED) is 0.121. The molecule has 1 N–H and O–H groups in total. The number of fused-ring (bicyclic) bond motifs is 1.